The van der Waals surface area contributed by atoms with Crippen LogP contribution in [0.15, 0.2) is 24.3 Å². The van der Waals surface area contributed by atoms with Crippen LogP contribution in [0.2, 0.25) is 0 Å². The van der Waals surface area contributed by atoms with Crippen LogP contribution in [0.4, 0.5) is 0 Å². The number of nitrogens with zero attached hydrogens (tertiary/aromatic N) is 1. The van der Waals surface area contributed by atoms with Crippen molar-refractivity contribution < 1.29 is 0 Å². The van der Waals surface area contributed by atoms with E-state index in [2.05, 4.69) is 41.2 Å². The zero-order valence-electron chi connectivity index (χ0n) is 10.2. The van der Waals surface area contributed by atoms with E-state index >= 15 is 0 Å². The molecule has 0 amide bonds. The Bertz CT molecular complexity index is 529. The van der Waals surface area contributed by atoms with E-state index in [1.165, 1.54) is 28.6 Å². The number of likely N-dealkylation sites (N-methyl/N-ethyl adjacent to an activating group) is 1. The second-order valence-electron chi connectivity index (χ2n) is 4.96. The molecule has 0 spiro atoms. The fraction of sp³-hybridized carbons (Fsp3) is 0.429. The Morgan fingerprint density at radius 3 is 3.06 bits per heavy atom. The molecular formula is C14H19N3. The number of benzene rings is 1. The maximum atomic E-state index is 5.73. The molecule has 90 valence electrons. The summed E-state index contributed by atoms with van der Waals surface area (Å²) in [5.41, 5.74) is 9.92. The summed E-state index contributed by atoms with van der Waals surface area (Å²) in [7, 11) is 2.12. The monoisotopic (exact) mass is 229 g/mol. The molecule has 17 heavy (non-hydrogen) atoms. The van der Waals surface area contributed by atoms with Gasteiger partial charge in [-0.3, -0.25) is 4.90 Å². The first kappa shape index (κ1) is 10.8. The standard InChI is InChI=1S/C14H19N3/c1-17(9-15)10-6-7-14-12(8-10)11-4-2-3-5-13(11)16-14/h2-5,10,16H,6-9,15H2,1H3. The number of fused-ring (bicyclic) bond motifs is 3. The van der Waals surface area contributed by atoms with E-state index in [-0.39, 0.29) is 0 Å². The highest BCUT2D eigenvalue weighted by molar-refractivity contribution is 5.84. The Morgan fingerprint density at radius 1 is 1.41 bits per heavy atom. The first-order valence-corrected chi connectivity index (χ1v) is 6.28. The number of rotatable bonds is 2. The van der Waals surface area contributed by atoms with E-state index in [0.717, 1.165) is 12.8 Å². The summed E-state index contributed by atoms with van der Waals surface area (Å²) in [6.45, 7) is 0.641. The maximum absolute atomic E-state index is 5.73. The van der Waals surface area contributed by atoms with Crippen molar-refractivity contribution in [2.45, 2.75) is 25.3 Å². The Kier molecular flexibility index (Phi) is 2.65. The number of H-pyrrole nitrogens is 1. The van der Waals surface area contributed by atoms with Gasteiger partial charge in [0.25, 0.3) is 0 Å². The molecule has 0 aliphatic heterocycles. The zero-order valence-corrected chi connectivity index (χ0v) is 10.2. The van der Waals surface area contributed by atoms with Gasteiger partial charge in [-0.05, 0) is 37.9 Å². The molecule has 1 atom stereocenters. The van der Waals surface area contributed by atoms with Crippen molar-refractivity contribution in [3.05, 3.63) is 35.5 Å². The molecule has 0 saturated heterocycles. The van der Waals surface area contributed by atoms with Gasteiger partial charge in [0.1, 0.15) is 0 Å². The Labute approximate surface area is 102 Å². The van der Waals surface area contributed by atoms with Crippen molar-refractivity contribution in [2.24, 2.45) is 5.73 Å². The minimum absolute atomic E-state index is 0.590. The SMILES string of the molecule is CN(CN)C1CCc2[nH]c3ccccc3c2C1. The Morgan fingerprint density at radius 2 is 2.24 bits per heavy atom. The lowest BCUT2D eigenvalue weighted by molar-refractivity contribution is 0.227. The van der Waals surface area contributed by atoms with Crippen molar-refractivity contribution in [2.75, 3.05) is 13.7 Å². The van der Waals surface area contributed by atoms with Gasteiger partial charge in [0.15, 0.2) is 0 Å². The number of hydrogen-bond acceptors (Lipinski definition) is 2. The number of nitrogens with one attached hydrogen (secondary N) is 1. The molecular weight excluding hydrogens is 210 g/mol. The van der Waals surface area contributed by atoms with Crippen LogP contribution in [0, 0.1) is 0 Å². The third-order valence-electron chi connectivity index (χ3n) is 3.98. The molecule has 1 aromatic carbocycles. The largest absolute Gasteiger partial charge is 0.358 e. The third-order valence-corrected chi connectivity index (χ3v) is 3.98. The van der Waals surface area contributed by atoms with E-state index in [1.54, 1.807) is 0 Å². The van der Waals surface area contributed by atoms with E-state index in [4.69, 9.17) is 5.73 Å². The van der Waals surface area contributed by atoms with Crippen LogP contribution in [-0.4, -0.2) is 29.6 Å². The number of para-hydroxylation sites is 1. The van der Waals surface area contributed by atoms with Crippen LogP contribution in [-0.2, 0) is 12.8 Å². The highest BCUT2D eigenvalue weighted by Gasteiger charge is 2.24. The summed E-state index contributed by atoms with van der Waals surface area (Å²) in [5, 5.41) is 1.39. The van der Waals surface area contributed by atoms with Crippen molar-refractivity contribution in [3.8, 4) is 0 Å². The summed E-state index contributed by atoms with van der Waals surface area (Å²) in [6.07, 6.45) is 3.46. The van der Waals surface area contributed by atoms with E-state index in [9.17, 15) is 0 Å². The molecule has 1 unspecified atom stereocenters. The van der Waals surface area contributed by atoms with Crippen molar-refractivity contribution in [1.29, 1.82) is 0 Å². The number of hydrogen-bond donors (Lipinski definition) is 2. The van der Waals surface area contributed by atoms with E-state index < -0.39 is 0 Å². The summed E-state index contributed by atoms with van der Waals surface area (Å²) in [6, 6.07) is 9.18. The van der Waals surface area contributed by atoms with Gasteiger partial charge in [-0.25, -0.2) is 0 Å². The fourth-order valence-electron chi connectivity index (χ4n) is 2.88. The highest BCUT2D eigenvalue weighted by atomic mass is 15.2. The lowest BCUT2D eigenvalue weighted by Crippen LogP contribution is -2.39. The molecule has 0 bridgehead atoms. The molecule has 1 heterocycles. The molecule has 0 saturated carbocycles. The lowest BCUT2D eigenvalue weighted by Gasteiger charge is -2.30. The van der Waals surface area contributed by atoms with Gasteiger partial charge in [-0.2, -0.15) is 0 Å². The molecule has 3 nitrogen and oxygen atoms in total. The van der Waals surface area contributed by atoms with Crippen molar-refractivity contribution in [1.82, 2.24) is 9.88 Å². The molecule has 1 aromatic heterocycles. The van der Waals surface area contributed by atoms with Gasteiger partial charge >= 0.3 is 0 Å². The quantitative estimate of drug-likeness (QED) is 0.772. The second-order valence-corrected chi connectivity index (χ2v) is 4.96. The molecule has 0 fully saturated rings. The van der Waals surface area contributed by atoms with E-state index in [1.807, 2.05) is 0 Å². The van der Waals surface area contributed by atoms with Crippen molar-refractivity contribution >= 4 is 10.9 Å². The van der Waals surface area contributed by atoms with Gasteiger partial charge in [-0.1, -0.05) is 18.2 Å². The number of nitrogens with two attached hydrogens (primary N) is 1. The average Bonchev–Trinajstić information content (AvgIpc) is 2.75. The molecule has 1 aliphatic rings. The van der Waals surface area contributed by atoms with Crippen molar-refractivity contribution in [3.63, 3.8) is 0 Å². The smallest absolute Gasteiger partial charge is 0.0458 e. The predicted molar refractivity (Wildman–Crippen MR) is 70.9 cm³/mol. The summed E-state index contributed by atoms with van der Waals surface area (Å²) >= 11 is 0. The van der Waals surface area contributed by atoms with Gasteiger partial charge < -0.3 is 10.7 Å². The Hall–Kier alpha value is -1.32. The first-order valence-electron chi connectivity index (χ1n) is 6.28. The summed E-state index contributed by atoms with van der Waals surface area (Å²) in [4.78, 5) is 5.80. The first-order chi connectivity index (χ1) is 8.29. The number of aromatic nitrogens is 1. The molecule has 2 aromatic rings. The van der Waals surface area contributed by atoms with Crippen LogP contribution in [0.3, 0.4) is 0 Å². The number of aromatic amines is 1. The fourth-order valence-corrected chi connectivity index (χ4v) is 2.88. The normalized spacial score (nSPS) is 19.8. The van der Waals surface area contributed by atoms with Crippen LogP contribution < -0.4 is 5.73 Å². The Balaban J connectivity index is 2.00. The number of aryl methyl sites for hydroxylation is 1. The van der Waals surface area contributed by atoms with Crippen LogP contribution in [0.1, 0.15) is 17.7 Å². The molecule has 3 heteroatoms. The van der Waals surface area contributed by atoms with E-state index in [0.29, 0.717) is 12.7 Å². The molecule has 3 N–H and O–H groups in total. The second kappa shape index (κ2) is 4.17. The molecule has 1 aliphatic carbocycles. The highest BCUT2D eigenvalue weighted by Crippen LogP contribution is 2.30. The molecule has 3 rings (SSSR count). The van der Waals surface area contributed by atoms with Crippen LogP contribution in [0.25, 0.3) is 10.9 Å². The molecule has 0 radical (unpaired) electrons. The zero-order chi connectivity index (χ0) is 11.8. The topological polar surface area (TPSA) is 45.0 Å². The summed E-state index contributed by atoms with van der Waals surface area (Å²) < 4.78 is 0. The third kappa shape index (κ3) is 1.75. The summed E-state index contributed by atoms with van der Waals surface area (Å²) in [5.74, 6) is 0. The predicted octanol–water partition coefficient (Wildman–Crippen LogP) is 1.87. The van der Waals surface area contributed by atoms with Gasteiger partial charge in [0.2, 0.25) is 0 Å². The maximum Gasteiger partial charge on any atom is 0.0458 e. The van der Waals surface area contributed by atoms with Gasteiger partial charge in [0, 0.05) is 29.3 Å². The lowest BCUT2D eigenvalue weighted by atomic mass is 9.91. The van der Waals surface area contributed by atoms with Crippen LogP contribution >= 0.6 is 0 Å². The minimum Gasteiger partial charge on any atom is -0.358 e. The average molecular weight is 229 g/mol. The van der Waals surface area contributed by atoms with Gasteiger partial charge in [0.05, 0.1) is 0 Å². The van der Waals surface area contributed by atoms with Gasteiger partial charge in [-0.15, -0.1) is 0 Å². The van der Waals surface area contributed by atoms with Crippen LogP contribution in [0.5, 0.6) is 0 Å². The minimum atomic E-state index is 0.590.